The van der Waals surface area contributed by atoms with E-state index in [9.17, 15) is 22.8 Å². The Labute approximate surface area is 162 Å². The van der Waals surface area contributed by atoms with E-state index >= 15 is 0 Å². The quantitative estimate of drug-likeness (QED) is 0.615. The smallest absolute Gasteiger partial charge is 0.364 e. The van der Waals surface area contributed by atoms with E-state index in [-0.39, 0.29) is 18.8 Å². The summed E-state index contributed by atoms with van der Waals surface area (Å²) < 4.78 is 42.6. The predicted molar refractivity (Wildman–Crippen MR) is 92.5 cm³/mol. The van der Waals surface area contributed by atoms with Crippen LogP contribution in [0.25, 0.3) is 5.65 Å². The van der Waals surface area contributed by atoms with E-state index in [1.54, 1.807) is 19.2 Å². The second-order valence-electron chi connectivity index (χ2n) is 6.32. The molecule has 0 radical (unpaired) electrons. The van der Waals surface area contributed by atoms with Crippen LogP contribution < -0.4 is 10.6 Å². The maximum atomic E-state index is 12.1. The van der Waals surface area contributed by atoms with Crippen LogP contribution in [-0.4, -0.2) is 37.7 Å². The first-order valence-corrected chi connectivity index (χ1v) is 8.57. The average molecular weight is 410 g/mol. The maximum absolute atomic E-state index is 12.1. The van der Waals surface area contributed by atoms with Crippen LogP contribution in [0.1, 0.15) is 40.2 Å². The lowest BCUT2D eigenvalue weighted by Crippen LogP contribution is -2.24. The second-order valence-corrected chi connectivity index (χ2v) is 6.32. The number of hydrogen-bond acceptors (Lipinski definition) is 6. The number of aromatic nitrogens is 4. The molecule has 0 saturated carbocycles. The second kappa shape index (κ2) is 8.29. The van der Waals surface area contributed by atoms with Gasteiger partial charge in [0.15, 0.2) is 11.3 Å². The predicted octanol–water partition coefficient (Wildman–Crippen LogP) is 1.91. The highest BCUT2D eigenvalue weighted by Gasteiger charge is 2.27. The van der Waals surface area contributed by atoms with Gasteiger partial charge in [-0.15, -0.1) is 0 Å². The van der Waals surface area contributed by atoms with E-state index in [1.807, 2.05) is 0 Å². The van der Waals surface area contributed by atoms with Gasteiger partial charge in [-0.1, -0.05) is 5.16 Å². The molecule has 0 aromatic carbocycles. The van der Waals surface area contributed by atoms with Crippen LogP contribution in [0.5, 0.6) is 0 Å². The van der Waals surface area contributed by atoms with E-state index in [4.69, 9.17) is 4.52 Å². The van der Waals surface area contributed by atoms with Gasteiger partial charge >= 0.3 is 6.18 Å². The van der Waals surface area contributed by atoms with Crippen LogP contribution in [0.2, 0.25) is 0 Å². The van der Waals surface area contributed by atoms with Gasteiger partial charge in [0.25, 0.3) is 5.91 Å². The van der Waals surface area contributed by atoms with Crippen molar-refractivity contribution in [3.63, 3.8) is 0 Å². The van der Waals surface area contributed by atoms with Gasteiger partial charge in [-0.2, -0.15) is 18.3 Å². The number of carbonyl (C=O) groups excluding carboxylic acids is 2. The van der Waals surface area contributed by atoms with Gasteiger partial charge in [-0.3, -0.25) is 9.59 Å². The zero-order valence-corrected chi connectivity index (χ0v) is 15.3. The molecule has 3 heterocycles. The molecule has 3 rings (SSSR count). The minimum Gasteiger partial charge on any atom is -0.364 e. The van der Waals surface area contributed by atoms with Crippen LogP contribution in [0.15, 0.2) is 29.2 Å². The van der Waals surface area contributed by atoms with Gasteiger partial charge in [-0.25, -0.2) is 9.50 Å². The summed E-state index contributed by atoms with van der Waals surface area (Å²) in [5, 5.41) is 12.8. The summed E-state index contributed by atoms with van der Waals surface area (Å²) in [5.74, 6) is -1.10. The van der Waals surface area contributed by atoms with Crippen LogP contribution >= 0.6 is 0 Å². The number of alkyl halides is 3. The summed E-state index contributed by atoms with van der Waals surface area (Å²) in [7, 11) is 0. The van der Waals surface area contributed by atoms with Crippen molar-refractivity contribution in [1.29, 1.82) is 0 Å². The Balaban J connectivity index is 1.56. The van der Waals surface area contributed by atoms with E-state index in [1.165, 1.54) is 17.0 Å². The lowest BCUT2D eigenvalue weighted by Gasteiger charge is -2.07. The Bertz CT molecular complexity index is 1030. The molecule has 0 fully saturated rings. The van der Waals surface area contributed by atoms with Crippen molar-refractivity contribution in [2.24, 2.45) is 0 Å². The number of carbonyl (C=O) groups is 2. The van der Waals surface area contributed by atoms with E-state index in [2.05, 4.69) is 25.9 Å². The zero-order valence-electron chi connectivity index (χ0n) is 15.3. The van der Waals surface area contributed by atoms with E-state index < -0.39 is 30.8 Å². The van der Waals surface area contributed by atoms with Gasteiger partial charge in [0.05, 0.1) is 31.1 Å². The molecular formula is C17H17F3N6O3. The van der Waals surface area contributed by atoms with Crippen molar-refractivity contribution in [2.45, 2.75) is 39.0 Å². The molecule has 0 atom stereocenters. The molecule has 3 aromatic heterocycles. The molecular weight excluding hydrogens is 393 g/mol. The molecule has 2 N–H and O–H groups in total. The summed E-state index contributed by atoms with van der Waals surface area (Å²) in [6, 6.07) is 1.64. The van der Waals surface area contributed by atoms with Crippen molar-refractivity contribution in [3.8, 4) is 0 Å². The minimum absolute atomic E-state index is 0.0323. The molecule has 0 aliphatic rings. The molecule has 0 unspecified atom stereocenters. The van der Waals surface area contributed by atoms with Crippen LogP contribution in [0.4, 0.5) is 13.2 Å². The van der Waals surface area contributed by atoms with Crippen LogP contribution in [0.3, 0.4) is 0 Å². The average Bonchev–Trinajstić information content (AvgIpc) is 3.27. The number of amides is 2. The Morgan fingerprint density at radius 3 is 2.72 bits per heavy atom. The largest absolute Gasteiger partial charge is 0.389 e. The summed E-state index contributed by atoms with van der Waals surface area (Å²) in [4.78, 5) is 27.9. The minimum atomic E-state index is -4.37. The highest BCUT2D eigenvalue weighted by atomic mass is 19.4. The number of nitrogens with zero attached hydrogens (tertiary/aromatic N) is 4. The third-order valence-corrected chi connectivity index (χ3v) is 3.94. The molecule has 29 heavy (non-hydrogen) atoms. The first kappa shape index (κ1) is 20.3. The first-order valence-electron chi connectivity index (χ1n) is 8.57. The van der Waals surface area contributed by atoms with Crippen molar-refractivity contribution < 1.29 is 27.3 Å². The number of nitrogens with one attached hydrogen (secondary N) is 2. The SMILES string of the molecule is Cc1conc1C(=O)NCc1cn2ncc(CNC(=O)CCC(F)(F)F)cc2n1. The maximum Gasteiger partial charge on any atom is 0.389 e. The third kappa shape index (κ3) is 5.53. The topological polar surface area (TPSA) is 114 Å². The Morgan fingerprint density at radius 1 is 1.24 bits per heavy atom. The number of fused-ring (bicyclic) bond motifs is 1. The molecule has 154 valence electrons. The van der Waals surface area contributed by atoms with Gasteiger partial charge in [0.1, 0.15) is 6.26 Å². The van der Waals surface area contributed by atoms with Gasteiger partial charge in [0, 0.05) is 18.5 Å². The number of rotatable bonds is 7. The number of aryl methyl sites for hydroxylation is 1. The van der Waals surface area contributed by atoms with Crippen molar-refractivity contribution >= 4 is 17.5 Å². The summed E-state index contributed by atoms with van der Waals surface area (Å²) in [6.45, 7) is 1.87. The monoisotopic (exact) mass is 410 g/mol. The fourth-order valence-corrected chi connectivity index (χ4v) is 2.45. The number of halogens is 3. The number of imidazole rings is 1. The normalized spacial score (nSPS) is 11.6. The standard InChI is InChI=1S/C17H17F3N6O3/c1-10-9-29-25-15(10)16(28)22-7-12-8-26-13(24-12)4-11(6-23-26)5-21-14(27)2-3-17(18,19)20/h4,6,8-9H,2-3,5,7H2,1H3,(H,21,27)(H,22,28). The Morgan fingerprint density at radius 2 is 2.03 bits per heavy atom. The zero-order chi connectivity index (χ0) is 21.0. The Hall–Kier alpha value is -3.44. The van der Waals surface area contributed by atoms with Crippen LogP contribution in [0, 0.1) is 6.92 Å². The molecule has 9 nitrogen and oxygen atoms in total. The highest BCUT2D eigenvalue weighted by molar-refractivity contribution is 5.93. The molecule has 0 aliphatic carbocycles. The molecule has 0 saturated heterocycles. The summed E-state index contributed by atoms with van der Waals surface area (Å²) >= 11 is 0. The molecule has 0 spiro atoms. The number of hydrogen-bond donors (Lipinski definition) is 2. The van der Waals surface area contributed by atoms with Gasteiger partial charge in [-0.05, 0) is 18.6 Å². The van der Waals surface area contributed by atoms with Crippen LogP contribution in [-0.2, 0) is 17.9 Å². The van der Waals surface area contributed by atoms with Crippen molar-refractivity contribution in [2.75, 3.05) is 0 Å². The van der Waals surface area contributed by atoms with Gasteiger partial charge in [0.2, 0.25) is 5.91 Å². The molecule has 2 amide bonds. The highest BCUT2D eigenvalue weighted by Crippen LogP contribution is 2.21. The fraction of sp³-hybridized carbons (Fsp3) is 0.353. The molecule has 3 aromatic rings. The fourth-order valence-electron chi connectivity index (χ4n) is 2.45. The summed E-state index contributed by atoms with van der Waals surface area (Å²) in [5.41, 5.74) is 2.39. The Kier molecular flexibility index (Phi) is 5.80. The van der Waals surface area contributed by atoms with Gasteiger partial charge < -0.3 is 15.2 Å². The molecule has 0 bridgehead atoms. The summed E-state index contributed by atoms with van der Waals surface area (Å²) in [6.07, 6.45) is -1.70. The molecule has 0 aliphatic heterocycles. The van der Waals surface area contributed by atoms with Crippen molar-refractivity contribution in [3.05, 3.63) is 47.2 Å². The first-order chi connectivity index (χ1) is 13.7. The molecule has 12 heteroatoms. The lowest BCUT2D eigenvalue weighted by atomic mass is 10.2. The van der Waals surface area contributed by atoms with E-state index in [0.29, 0.717) is 22.5 Å². The lowest BCUT2D eigenvalue weighted by molar-refractivity contribution is -0.144. The van der Waals surface area contributed by atoms with Crippen molar-refractivity contribution in [1.82, 2.24) is 30.4 Å². The van der Waals surface area contributed by atoms with E-state index in [0.717, 1.165) is 0 Å². The third-order valence-electron chi connectivity index (χ3n) is 3.94.